The molecule has 0 saturated carbocycles. The standard InChI is InChI=1S/C19H14N2OS/c22-19(16-10-5-2-6-11-16)18(15-8-3-1-4-9-15)21-20-14-17-12-7-13-23-17/h1-14H/b20-14-,21-18-. The molecule has 0 unspecified atom stereocenters. The molecule has 0 fully saturated rings. The van der Waals surface area contributed by atoms with E-state index in [-0.39, 0.29) is 5.78 Å². The van der Waals surface area contributed by atoms with E-state index in [1.165, 1.54) is 0 Å². The first kappa shape index (κ1) is 15.1. The fraction of sp³-hybridized carbons (Fsp3) is 0. The molecule has 0 aliphatic heterocycles. The van der Waals surface area contributed by atoms with Crippen molar-refractivity contribution in [2.24, 2.45) is 10.2 Å². The Kier molecular flexibility index (Phi) is 4.86. The highest BCUT2D eigenvalue weighted by molar-refractivity contribution is 7.11. The summed E-state index contributed by atoms with van der Waals surface area (Å²) < 4.78 is 0. The first-order valence-corrected chi connectivity index (χ1v) is 8.02. The maximum atomic E-state index is 12.7. The lowest BCUT2D eigenvalue weighted by Gasteiger charge is -2.04. The van der Waals surface area contributed by atoms with Gasteiger partial charge in [-0.2, -0.15) is 5.10 Å². The van der Waals surface area contributed by atoms with Crippen LogP contribution in [0.5, 0.6) is 0 Å². The monoisotopic (exact) mass is 318 g/mol. The summed E-state index contributed by atoms with van der Waals surface area (Å²) in [5.74, 6) is -0.139. The summed E-state index contributed by atoms with van der Waals surface area (Å²) in [5.41, 5.74) is 1.69. The minimum atomic E-state index is -0.139. The topological polar surface area (TPSA) is 41.8 Å². The molecule has 112 valence electrons. The van der Waals surface area contributed by atoms with Gasteiger partial charge in [0.2, 0.25) is 5.78 Å². The first-order valence-electron chi connectivity index (χ1n) is 7.14. The zero-order chi connectivity index (χ0) is 15.9. The highest BCUT2D eigenvalue weighted by Crippen LogP contribution is 2.10. The molecule has 0 spiro atoms. The van der Waals surface area contributed by atoms with Crippen molar-refractivity contribution in [3.8, 4) is 0 Å². The summed E-state index contributed by atoms with van der Waals surface area (Å²) >= 11 is 1.57. The summed E-state index contributed by atoms with van der Waals surface area (Å²) in [5, 5.41) is 10.2. The number of hydrogen-bond donors (Lipinski definition) is 0. The second-order valence-corrected chi connectivity index (χ2v) is 5.75. The largest absolute Gasteiger partial charge is 0.287 e. The highest BCUT2D eigenvalue weighted by atomic mass is 32.1. The average Bonchev–Trinajstić information content (AvgIpc) is 3.13. The number of benzene rings is 2. The summed E-state index contributed by atoms with van der Waals surface area (Å²) in [6, 6.07) is 22.4. The van der Waals surface area contributed by atoms with Gasteiger partial charge in [-0.3, -0.25) is 4.79 Å². The van der Waals surface area contributed by atoms with Crippen molar-refractivity contribution in [2.75, 3.05) is 0 Å². The minimum Gasteiger partial charge on any atom is -0.287 e. The van der Waals surface area contributed by atoms with E-state index in [2.05, 4.69) is 10.2 Å². The molecule has 3 rings (SSSR count). The Morgan fingerprint density at radius 1 is 0.826 bits per heavy atom. The Morgan fingerprint density at radius 2 is 1.48 bits per heavy atom. The Balaban J connectivity index is 1.96. The molecule has 4 heteroatoms. The van der Waals surface area contributed by atoms with E-state index in [9.17, 15) is 4.79 Å². The van der Waals surface area contributed by atoms with Crippen LogP contribution in [-0.4, -0.2) is 17.7 Å². The van der Waals surface area contributed by atoms with Crippen molar-refractivity contribution in [3.63, 3.8) is 0 Å². The molecule has 2 aromatic carbocycles. The van der Waals surface area contributed by atoms with Crippen molar-refractivity contribution in [3.05, 3.63) is 94.2 Å². The number of nitrogens with zero attached hydrogens (tertiary/aromatic N) is 2. The number of Topliss-reactive ketones (excluding diaryl/α,β-unsaturated/α-hetero) is 1. The fourth-order valence-electron chi connectivity index (χ4n) is 2.06. The summed E-state index contributed by atoms with van der Waals surface area (Å²) in [6.07, 6.45) is 1.66. The lowest BCUT2D eigenvalue weighted by Crippen LogP contribution is -2.15. The van der Waals surface area contributed by atoms with Crippen LogP contribution >= 0.6 is 11.3 Å². The maximum Gasteiger partial charge on any atom is 0.213 e. The molecule has 0 saturated heterocycles. The molecule has 0 N–H and O–H groups in total. The fourth-order valence-corrected chi connectivity index (χ4v) is 2.64. The number of rotatable bonds is 5. The molecule has 0 amide bonds. The van der Waals surface area contributed by atoms with E-state index in [4.69, 9.17) is 0 Å². The van der Waals surface area contributed by atoms with Crippen LogP contribution in [0.15, 0.2) is 88.4 Å². The van der Waals surface area contributed by atoms with Crippen LogP contribution < -0.4 is 0 Å². The number of carbonyl (C=O) groups excluding carboxylic acids is 1. The van der Waals surface area contributed by atoms with E-state index in [0.29, 0.717) is 11.3 Å². The van der Waals surface area contributed by atoms with Gasteiger partial charge in [0.05, 0.1) is 6.21 Å². The van der Waals surface area contributed by atoms with Crippen molar-refractivity contribution < 1.29 is 4.79 Å². The van der Waals surface area contributed by atoms with Gasteiger partial charge in [-0.25, -0.2) is 0 Å². The predicted octanol–water partition coefficient (Wildman–Crippen LogP) is 4.45. The molecule has 0 aliphatic rings. The predicted molar refractivity (Wildman–Crippen MR) is 95.7 cm³/mol. The normalized spacial score (nSPS) is 11.7. The second-order valence-electron chi connectivity index (χ2n) is 4.77. The number of hydrogen-bond acceptors (Lipinski definition) is 4. The number of thiophene rings is 1. The van der Waals surface area contributed by atoms with Crippen LogP contribution in [0.25, 0.3) is 0 Å². The van der Waals surface area contributed by atoms with Gasteiger partial charge in [-0.15, -0.1) is 16.4 Å². The summed E-state index contributed by atoms with van der Waals surface area (Å²) in [6.45, 7) is 0. The van der Waals surface area contributed by atoms with Gasteiger partial charge in [-0.05, 0) is 11.4 Å². The van der Waals surface area contributed by atoms with E-state index in [0.717, 1.165) is 10.4 Å². The molecule has 0 radical (unpaired) electrons. The third kappa shape index (κ3) is 3.87. The van der Waals surface area contributed by atoms with Crippen LogP contribution in [0.2, 0.25) is 0 Å². The quantitative estimate of drug-likeness (QED) is 0.389. The van der Waals surface area contributed by atoms with Crippen LogP contribution in [0.1, 0.15) is 20.8 Å². The third-order valence-corrected chi connectivity index (χ3v) is 3.99. The van der Waals surface area contributed by atoms with Gasteiger partial charge in [0.1, 0.15) is 5.71 Å². The molecule has 0 aliphatic carbocycles. The average molecular weight is 318 g/mol. The van der Waals surface area contributed by atoms with E-state index in [1.54, 1.807) is 29.7 Å². The molecular weight excluding hydrogens is 304 g/mol. The zero-order valence-electron chi connectivity index (χ0n) is 12.3. The van der Waals surface area contributed by atoms with Gasteiger partial charge in [0.15, 0.2) is 0 Å². The number of ketones is 1. The van der Waals surface area contributed by atoms with E-state index in [1.807, 2.05) is 66.0 Å². The van der Waals surface area contributed by atoms with Crippen LogP contribution in [-0.2, 0) is 0 Å². The lowest BCUT2D eigenvalue weighted by molar-refractivity contribution is 0.106. The molecule has 0 atom stereocenters. The van der Waals surface area contributed by atoms with Crippen molar-refractivity contribution in [2.45, 2.75) is 0 Å². The molecule has 23 heavy (non-hydrogen) atoms. The molecule has 1 heterocycles. The van der Waals surface area contributed by atoms with Crippen molar-refractivity contribution >= 4 is 29.0 Å². The van der Waals surface area contributed by atoms with Crippen molar-refractivity contribution in [1.29, 1.82) is 0 Å². The van der Waals surface area contributed by atoms with E-state index < -0.39 is 0 Å². The Bertz CT molecular complexity index is 822. The zero-order valence-corrected chi connectivity index (χ0v) is 13.1. The highest BCUT2D eigenvalue weighted by Gasteiger charge is 2.15. The molecule has 3 nitrogen and oxygen atoms in total. The lowest BCUT2D eigenvalue weighted by atomic mass is 10.0. The molecular formula is C19H14N2OS. The molecule has 3 aromatic rings. The van der Waals surface area contributed by atoms with Gasteiger partial charge in [0.25, 0.3) is 0 Å². The second kappa shape index (κ2) is 7.42. The maximum absolute atomic E-state index is 12.7. The van der Waals surface area contributed by atoms with Crippen molar-refractivity contribution in [1.82, 2.24) is 0 Å². The Labute approximate surface area is 138 Å². The third-order valence-electron chi connectivity index (χ3n) is 3.18. The molecule has 1 aromatic heterocycles. The van der Waals surface area contributed by atoms with Gasteiger partial charge in [0, 0.05) is 16.0 Å². The summed E-state index contributed by atoms with van der Waals surface area (Å²) in [7, 11) is 0. The van der Waals surface area contributed by atoms with Crippen LogP contribution in [0, 0.1) is 0 Å². The van der Waals surface area contributed by atoms with Crippen LogP contribution in [0.4, 0.5) is 0 Å². The van der Waals surface area contributed by atoms with Gasteiger partial charge in [-0.1, -0.05) is 66.7 Å². The first-order chi connectivity index (χ1) is 11.3. The SMILES string of the molecule is O=C(/C(=N\N=C/c1cccs1)c1ccccc1)c1ccccc1. The van der Waals surface area contributed by atoms with Gasteiger partial charge < -0.3 is 0 Å². The summed E-state index contributed by atoms with van der Waals surface area (Å²) in [4.78, 5) is 13.7. The smallest absolute Gasteiger partial charge is 0.213 e. The van der Waals surface area contributed by atoms with Crippen LogP contribution in [0.3, 0.4) is 0 Å². The Morgan fingerprint density at radius 3 is 2.09 bits per heavy atom. The minimum absolute atomic E-state index is 0.139. The van der Waals surface area contributed by atoms with Gasteiger partial charge >= 0.3 is 0 Å². The number of carbonyl (C=O) groups is 1. The van der Waals surface area contributed by atoms with E-state index >= 15 is 0 Å². The molecule has 0 bridgehead atoms. The Hall–Kier alpha value is -2.85.